The third kappa shape index (κ3) is 3.72. The second kappa shape index (κ2) is 6.70. The molecule has 0 amide bonds. The van der Waals surface area contributed by atoms with E-state index >= 15 is 0 Å². The summed E-state index contributed by atoms with van der Waals surface area (Å²) < 4.78 is 0. The average molecular weight is 365 g/mol. The first-order valence-electron chi connectivity index (χ1n) is 6.81. The highest BCUT2D eigenvalue weighted by Gasteiger charge is 2.16. The normalized spacial score (nSPS) is 10.7. The number of carboxylic acids is 1. The maximum Gasteiger partial charge on any atom is 0.308 e. The predicted molar refractivity (Wildman–Crippen MR) is 96.2 cm³/mol. The minimum Gasteiger partial charge on any atom is -0.481 e. The lowest BCUT2D eigenvalue weighted by Crippen LogP contribution is -1.98. The first-order valence-corrected chi connectivity index (χ1v) is 8.89. The Morgan fingerprint density at radius 2 is 2.22 bits per heavy atom. The van der Waals surface area contributed by atoms with Crippen LogP contribution in [0.2, 0.25) is 5.02 Å². The molecule has 2 N–H and O–H groups in total. The van der Waals surface area contributed by atoms with Gasteiger partial charge in [0.25, 0.3) is 0 Å². The Morgan fingerprint density at radius 1 is 1.39 bits per heavy atom. The van der Waals surface area contributed by atoms with Gasteiger partial charge >= 0.3 is 5.97 Å². The molecule has 0 atom stereocenters. The number of halogens is 1. The van der Waals surface area contributed by atoms with Gasteiger partial charge in [-0.15, -0.1) is 22.7 Å². The Bertz CT molecular complexity index is 844. The molecule has 0 bridgehead atoms. The Labute approximate surface area is 146 Å². The quantitative estimate of drug-likeness (QED) is 0.652. The highest BCUT2D eigenvalue weighted by molar-refractivity contribution is 7.17. The topological polar surface area (TPSA) is 62.2 Å². The summed E-state index contributed by atoms with van der Waals surface area (Å²) in [7, 11) is 0. The summed E-state index contributed by atoms with van der Waals surface area (Å²) >= 11 is 9.03. The van der Waals surface area contributed by atoms with E-state index in [4.69, 9.17) is 16.7 Å². The van der Waals surface area contributed by atoms with E-state index in [9.17, 15) is 4.79 Å². The summed E-state index contributed by atoms with van der Waals surface area (Å²) in [5, 5.41) is 15.6. The standard InChI is InChI=1S/C16H13ClN2O2S2/c1-9-4-5-10(7-11(9)17)18-16-19-15(12-3-2-6-22-12)13(23-16)8-14(20)21/h2-7H,8H2,1H3,(H,18,19)(H,20,21). The molecule has 3 rings (SSSR count). The zero-order valence-corrected chi connectivity index (χ0v) is 14.6. The number of nitrogens with zero attached hydrogens (tertiary/aromatic N) is 1. The van der Waals surface area contributed by atoms with Crippen LogP contribution in [0, 0.1) is 6.92 Å². The molecule has 0 spiro atoms. The van der Waals surface area contributed by atoms with E-state index in [0.717, 1.165) is 26.7 Å². The molecule has 3 aromatic rings. The molecular formula is C16H13ClN2O2S2. The van der Waals surface area contributed by atoms with Crippen molar-refractivity contribution >= 4 is 51.1 Å². The molecule has 23 heavy (non-hydrogen) atoms. The SMILES string of the molecule is Cc1ccc(Nc2nc(-c3cccs3)c(CC(=O)O)s2)cc1Cl. The van der Waals surface area contributed by atoms with Crippen molar-refractivity contribution in [2.75, 3.05) is 5.32 Å². The number of thiophene rings is 1. The molecule has 2 heterocycles. The van der Waals surface area contributed by atoms with Crippen LogP contribution in [0.1, 0.15) is 10.4 Å². The van der Waals surface area contributed by atoms with Crippen molar-refractivity contribution in [1.82, 2.24) is 4.98 Å². The molecule has 118 valence electrons. The van der Waals surface area contributed by atoms with Crippen LogP contribution < -0.4 is 5.32 Å². The van der Waals surface area contributed by atoms with Crippen molar-refractivity contribution in [2.45, 2.75) is 13.3 Å². The van der Waals surface area contributed by atoms with Crippen LogP contribution in [0.4, 0.5) is 10.8 Å². The van der Waals surface area contributed by atoms with Gasteiger partial charge in [0.05, 0.1) is 17.0 Å². The number of aliphatic carboxylic acids is 1. The molecule has 0 aliphatic carbocycles. The maximum absolute atomic E-state index is 11.1. The van der Waals surface area contributed by atoms with E-state index in [-0.39, 0.29) is 6.42 Å². The summed E-state index contributed by atoms with van der Waals surface area (Å²) in [6.45, 7) is 1.94. The number of aryl methyl sites for hydroxylation is 1. The fourth-order valence-corrected chi connectivity index (χ4v) is 4.04. The zero-order chi connectivity index (χ0) is 16.4. The van der Waals surface area contributed by atoms with Crippen molar-refractivity contribution in [2.24, 2.45) is 0 Å². The first-order chi connectivity index (χ1) is 11.0. The lowest BCUT2D eigenvalue weighted by Gasteiger charge is -2.04. The van der Waals surface area contributed by atoms with Crippen LogP contribution in [0.5, 0.6) is 0 Å². The number of carbonyl (C=O) groups is 1. The molecule has 0 saturated carbocycles. The number of nitrogens with one attached hydrogen (secondary N) is 1. The van der Waals surface area contributed by atoms with Crippen molar-refractivity contribution in [3.63, 3.8) is 0 Å². The molecule has 0 unspecified atom stereocenters. The lowest BCUT2D eigenvalue weighted by molar-refractivity contribution is -0.136. The van der Waals surface area contributed by atoms with E-state index in [1.165, 1.54) is 11.3 Å². The first kappa shape index (κ1) is 16.0. The summed E-state index contributed by atoms with van der Waals surface area (Å²) in [6, 6.07) is 9.55. The van der Waals surface area contributed by atoms with Gasteiger partial charge in [-0.05, 0) is 36.1 Å². The van der Waals surface area contributed by atoms with E-state index in [1.807, 2.05) is 42.6 Å². The molecule has 1 aromatic carbocycles. The molecule has 0 aliphatic heterocycles. The number of carboxylic acid groups (broad SMARTS) is 1. The highest BCUT2D eigenvalue weighted by atomic mass is 35.5. The van der Waals surface area contributed by atoms with Gasteiger partial charge in [0.15, 0.2) is 5.13 Å². The molecule has 2 aromatic heterocycles. The second-order valence-electron chi connectivity index (χ2n) is 4.93. The Kier molecular flexibility index (Phi) is 4.66. The smallest absolute Gasteiger partial charge is 0.308 e. The van der Waals surface area contributed by atoms with Crippen molar-refractivity contribution in [3.8, 4) is 10.6 Å². The van der Waals surface area contributed by atoms with Gasteiger partial charge in [-0.3, -0.25) is 4.79 Å². The number of rotatable bonds is 5. The number of hydrogen-bond donors (Lipinski definition) is 2. The molecule has 0 saturated heterocycles. The van der Waals surface area contributed by atoms with Gasteiger partial charge in [-0.25, -0.2) is 4.98 Å². The van der Waals surface area contributed by atoms with E-state index in [0.29, 0.717) is 10.2 Å². The summed E-state index contributed by atoms with van der Waals surface area (Å²) in [4.78, 5) is 17.4. The monoisotopic (exact) mass is 364 g/mol. The maximum atomic E-state index is 11.1. The molecule has 0 radical (unpaired) electrons. The van der Waals surface area contributed by atoms with Crippen molar-refractivity contribution in [1.29, 1.82) is 0 Å². The van der Waals surface area contributed by atoms with Crippen molar-refractivity contribution in [3.05, 3.63) is 51.2 Å². The Morgan fingerprint density at radius 3 is 2.87 bits per heavy atom. The number of benzene rings is 1. The van der Waals surface area contributed by atoms with Crippen LogP contribution >= 0.6 is 34.3 Å². The number of aromatic nitrogens is 1. The fraction of sp³-hybridized carbons (Fsp3) is 0.125. The number of anilines is 2. The fourth-order valence-electron chi connectivity index (χ4n) is 2.06. The summed E-state index contributed by atoms with van der Waals surface area (Å²) in [5.74, 6) is -0.864. The van der Waals surface area contributed by atoms with Gasteiger partial charge in [0, 0.05) is 15.6 Å². The summed E-state index contributed by atoms with van der Waals surface area (Å²) in [6.07, 6.45) is -0.0404. The molecule has 4 nitrogen and oxygen atoms in total. The van der Waals surface area contributed by atoms with E-state index in [2.05, 4.69) is 10.3 Å². The minimum atomic E-state index is -0.864. The van der Waals surface area contributed by atoms with Gasteiger partial charge in [-0.1, -0.05) is 23.7 Å². The Hall–Kier alpha value is -1.89. The third-order valence-corrected chi connectivity index (χ3v) is 5.44. The van der Waals surface area contributed by atoms with Gasteiger partial charge in [0.1, 0.15) is 0 Å². The number of thiazole rings is 1. The van der Waals surface area contributed by atoms with Crippen LogP contribution in [0.3, 0.4) is 0 Å². The molecule has 0 aliphatic rings. The zero-order valence-electron chi connectivity index (χ0n) is 12.2. The Balaban J connectivity index is 1.93. The molecular weight excluding hydrogens is 352 g/mol. The van der Waals surface area contributed by atoms with Crippen LogP contribution in [0.25, 0.3) is 10.6 Å². The van der Waals surface area contributed by atoms with Crippen molar-refractivity contribution < 1.29 is 9.90 Å². The summed E-state index contributed by atoms with van der Waals surface area (Å²) in [5.41, 5.74) is 2.56. The third-order valence-electron chi connectivity index (χ3n) is 3.19. The van der Waals surface area contributed by atoms with Crippen LogP contribution in [-0.4, -0.2) is 16.1 Å². The highest BCUT2D eigenvalue weighted by Crippen LogP contribution is 2.35. The van der Waals surface area contributed by atoms with E-state index in [1.54, 1.807) is 11.3 Å². The second-order valence-corrected chi connectivity index (χ2v) is 7.37. The number of hydrogen-bond acceptors (Lipinski definition) is 5. The van der Waals surface area contributed by atoms with Crippen LogP contribution in [-0.2, 0) is 11.2 Å². The van der Waals surface area contributed by atoms with Gasteiger partial charge < -0.3 is 10.4 Å². The minimum absolute atomic E-state index is 0.0404. The van der Waals surface area contributed by atoms with Gasteiger partial charge in [0.2, 0.25) is 0 Å². The largest absolute Gasteiger partial charge is 0.481 e. The van der Waals surface area contributed by atoms with Crippen LogP contribution in [0.15, 0.2) is 35.7 Å². The van der Waals surface area contributed by atoms with Gasteiger partial charge in [-0.2, -0.15) is 0 Å². The average Bonchev–Trinajstić information content (AvgIpc) is 3.12. The predicted octanol–water partition coefficient (Wildman–Crippen LogP) is 5.20. The molecule has 0 fully saturated rings. The molecule has 7 heteroatoms. The van der Waals surface area contributed by atoms with E-state index < -0.39 is 5.97 Å². The lowest BCUT2D eigenvalue weighted by atomic mass is 10.2.